The van der Waals surface area contributed by atoms with Crippen molar-refractivity contribution in [2.75, 3.05) is 12.3 Å². The highest BCUT2D eigenvalue weighted by atomic mass is 16.2. The summed E-state index contributed by atoms with van der Waals surface area (Å²) in [5, 5.41) is 12.1. The van der Waals surface area contributed by atoms with E-state index in [0.29, 0.717) is 47.0 Å². The first-order valence-corrected chi connectivity index (χ1v) is 13.4. The fourth-order valence-electron chi connectivity index (χ4n) is 5.26. The second kappa shape index (κ2) is 10.5. The van der Waals surface area contributed by atoms with Crippen LogP contribution in [-0.4, -0.2) is 58.0 Å². The molecular formula is C29H30N10O2. The van der Waals surface area contributed by atoms with Gasteiger partial charge >= 0.3 is 0 Å². The minimum Gasteiger partial charge on any atom is -0.382 e. The van der Waals surface area contributed by atoms with Crippen LogP contribution in [-0.2, 0) is 17.9 Å². The number of nitrogen functional groups attached to an aromatic ring is 1. The molecule has 1 aliphatic heterocycles. The molecule has 2 amide bonds. The van der Waals surface area contributed by atoms with Gasteiger partial charge in [0, 0.05) is 30.7 Å². The van der Waals surface area contributed by atoms with Gasteiger partial charge in [0.1, 0.15) is 11.8 Å². The lowest BCUT2D eigenvalue weighted by molar-refractivity contribution is -0.126. The minimum atomic E-state index is -0.209. The quantitative estimate of drug-likeness (QED) is 0.290. The number of fused-ring (bicyclic) bond motifs is 2. The molecule has 12 heteroatoms. The van der Waals surface area contributed by atoms with E-state index >= 15 is 0 Å². The van der Waals surface area contributed by atoms with Gasteiger partial charge in [0.15, 0.2) is 11.5 Å². The smallest absolute Gasteiger partial charge is 0.253 e. The number of imidazole rings is 1. The first-order chi connectivity index (χ1) is 19.8. The van der Waals surface area contributed by atoms with Crippen LogP contribution in [0.2, 0.25) is 0 Å². The van der Waals surface area contributed by atoms with E-state index in [4.69, 9.17) is 5.73 Å². The van der Waals surface area contributed by atoms with Crippen LogP contribution in [0.5, 0.6) is 0 Å². The molecule has 5 heterocycles. The summed E-state index contributed by atoms with van der Waals surface area (Å²) in [6.07, 6.45) is 6.87. The molecule has 0 aliphatic carbocycles. The van der Waals surface area contributed by atoms with Crippen molar-refractivity contribution in [1.82, 2.24) is 44.9 Å². The summed E-state index contributed by atoms with van der Waals surface area (Å²) in [7, 11) is 0. The zero-order valence-electron chi connectivity index (χ0n) is 23.1. The molecule has 0 saturated heterocycles. The Labute approximate surface area is 235 Å². The number of carbonyl (C=O) groups is 2. The van der Waals surface area contributed by atoms with E-state index in [9.17, 15) is 9.59 Å². The number of benzene rings is 1. The number of hydrogen-bond acceptors (Lipinski definition) is 8. The standard InChI is InChI=1S/C29H30N10O2/c1-16-7-24(17(2)37-36-16)29(41)31-11-23-10-21-8-20(19-5-4-6-38(12-19)18(3)40)9-22(25(21)35-23)13-39-15-34-26-27(30)32-14-33-28(26)39/h7-10,12,14-15,35H,4-6,11,13H2,1-3H3,(H,31,41)(H2,30,32,33). The molecule has 0 bridgehead atoms. The maximum Gasteiger partial charge on any atom is 0.253 e. The summed E-state index contributed by atoms with van der Waals surface area (Å²) in [5.74, 6) is 0.149. The number of nitrogens with two attached hydrogens (primary N) is 1. The fraction of sp³-hybridized carbons (Fsp3) is 0.276. The number of anilines is 1. The van der Waals surface area contributed by atoms with Crippen molar-refractivity contribution in [3.05, 3.63) is 76.9 Å². The SMILES string of the molecule is CC(=O)N1C=C(c2cc(Cn3cnc4c(N)ncnc43)c3[nH]c(CNC(=O)c4cc(C)nnc4C)cc3c2)CCC1. The highest BCUT2D eigenvalue weighted by Crippen LogP contribution is 2.31. The van der Waals surface area contributed by atoms with Crippen molar-refractivity contribution in [2.24, 2.45) is 0 Å². The zero-order chi connectivity index (χ0) is 28.7. The monoisotopic (exact) mass is 550 g/mol. The average Bonchev–Trinajstić information content (AvgIpc) is 3.58. The third-order valence-electron chi connectivity index (χ3n) is 7.35. The van der Waals surface area contributed by atoms with E-state index in [0.717, 1.165) is 52.7 Å². The Morgan fingerprint density at radius 1 is 1.10 bits per heavy atom. The summed E-state index contributed by atoms with van der Waals surface area (Å²) in [6.45, 7) is 6.67. The van der Waals surface area contributed by atoms with Crippen molar-refractivity contribution in [2.45, 2.75) is 46.7 Å². The number of aromatic amines is 1. The highest BCUT2D eigenvalue weighted by Gasteiger charge is 2.19. The average molecular weight is 551 g/mol. The van der Waals surface area contributed by atoms with Crippen molar-refractivity contribution in [3.8, 4) is 0 Å². The minimum absolute atomic E-state index is 0.0279. The maximum atomic E-state index is 12.9. The Hall–Kier alpha value is -5.13. The molecular weight excluding hydrogens is 520 g/mol. The second-order valence-electron chi connectivity index (χ2n) is 10.3. The summed E-state index contributed by atoms with van der Waals surface area (Å²) in [5.41, 5.74) is 13.9. The van der Waals surface area contributed by atoms with Crippen LogP contribution in [0.1, 0.15) is 58.3 Å². The van der Waals surface area contributed by atoms with Gasteiger partial charge in [-0.2, -0.15) is 10.2 Å². The Balaban J connectivity index is 1.37. The molecule has 1 aliphatic rings. The molecule has 1 aromatic carbocycles. The summed E-state index contributed by atoms with van der Waals surface area (Å²) in [6, 6.07) is 8.05. The number of nitrogens with zero attached hydrogens (tertiary/aromatic N) is 7. The van der Waals surface area contributed by atoms with Gasteiger partial charge in [-0.1, -0.05) is 0 Å². The molecule has 0 radical (unpaired) electrons. The number of carbonyl (C=O) groups excluding carboxylic acids is 2. The van der Waals surface area contributed by atoms with Crippen molar-refractivity contribution >= 4 is 45.3 Å². The normalized spacial score (nSPS) is 13.5. The number of hydrogen-bond donors (Lipinski definition) is 3. The lowest BCUT2D eigenvalue weighted by atomic mass is 9.95. The van der Waals surface area contributed by atoms with Gasteiger partial charge < -0.3 is 25.5 Å². The van der Waals surface area contributed by atoms with E-state index in [1.165, 1.54) is 6.33 Å². The molecule has 5 aromatic rings. The van der Waals surface area contributed by atoms with Crippen LogP contribution in [0.4, 0.5) is 5.82 Å². The number of rotatable bonds is 6. The number of nitrogens with one attached hydrogen (secondary N) is 2. The molecule has 0 spiro atoms. The second-order valence-corrected chi connectivity index (χ2v) is 10.3. The third kappa shape index (κ3) is 5.11. The molecule has 12 nitrogen and oxygen atoms in total. The fourth-order valence-corrected chi connectivity index (χ4v) is 5.26. The van der Waals surface area contributed by atoms with E-state index in [1.54, 1.807) is 38.1 Å². The number of allylic oxidation sites excluding steroid dienone is 1. The summed E-state index contributed by atoms with van der Waals surface area (Å²) in [4.78, 5) is 43.2. The van der Waals surface area contributed by atoms with Crippen molar-refractivity contribution in [3.63, 3.8) is 0 Å². The number of amides is 2. The molecule has 4 aromatic heterocycles. The largest absolute Gasteiger partial charge is 0.382 e. The maximum absolute atomic E-state index is 12.9. The van der Waals surface area contributed by atoms with Gasteiger partial charge in [-0.05, 0) is 67.7 Å². The van der Waals surface area contributed by atoms with Crippen LogP contribution in [0.3, 0.4) is 0 Å². The van der Waals surface area contributed by atoms with E-state index in [2.05, 4.69) is 47.6 Å². The molecule has 6 rings (SSSR count). The molecule has 0 unspecified atom stereocenters. The lowest BCUT2D eigenvalue weighted by Gasteiger charge is -2.24. The number of H-pyrrole nitrogens is 1. The van der Waals surface area contributed by atoms with Gasteiger partial charge in [-0.3, -0.25) is 9.59 Å². The number of aromatic nitrogens is 7. The summed E-state index contributed by atoms with van der Waals surface area (Å²) >= 11 is 0. The topological polar surface area (TPSA) is 161 Å². The van der Waals surface area contributed by atoms with E-state index < -0.39 is 0 Å². The first kappa shape index (κ1) is 26.1. The molecule has 0 atom stereocenters. The van der Waals surface area contributed by atoms with Gasteiger partial charge in [0.25, 0.3) is 5.91 Å². The Bertz CT molecular complexity index is 1850. The molecule has 41 heavy (non-hydrogen) atoms. The predicted octanol–water partition coefficient (Wildman–Crippen LogP) is 3.26. The van der Waals surface area contributed by atoms with Crippen LogP contribution in [0, 0.1) is 13.8 Å². The molecule has 208 valence electrons. The van der Waals surface area contributed by atoms with Gasteiger partial charge in [0.2, 0.25) is 5.91 Å². The van der Waals surface area contributed by atoms with Crippen LogP contribution >= 0.6 is 0 Å². The van der Waals surface area contributed by atoms with Crippen LogP contribution in [0.25, 0.3) is 27.6 Å². The Morgan fingerprint density at radius 3 is 2.78 bits per heavy atom. The molecule has 4 N–H and O–H groups in total. The highest BCUT2D eigenvalue weighted by molar-refractivity contribution is 5.95. The van der Waals surface area contributed by atoms with Crippen LogP contribution < -0.4 is 11.1 Å². The number of aryl methyl sites for hydroxylation is 2. The zero-order valence-corrected chi connectivity index (χ0v) is 23.1. The summed E-state index contributed by atoms with van der Waals surface area (Å²) < 4.78 is 1.94. The van der Waals surface area contributed by atoms with Gasteiger partial charge in [0.05, 0.1) is 41.9 Å². The van der Waals surface area contributed by atoms with Crippen molar-refractivity contribution in [1.29, 1.82) is 0 Å². The Kier molecular flexibility index (Phi) is 6.66. The molecule has 0 fully saturated rings. The predicted molar refractivity (Wildman–Crippen MR) is 154 cm³/mol. The molecule has 0 saturated carbocycles. The van der Waals surface area contributed by atoms with E-state index in [-0.39, 0.29) is 11.8 Å². The van der Waals surface area contributed by atoms with Crippen molar-refractivity contribution < 1.29 is 9.59 Å². The van der Waals surface area contributed by atoms with E-state index in [1.807, 2.05) is 16.8 Å². The Morgan fingerprint density at radius 2 is 1.95 bits per heavy atom. The first-order valence-electron chi connectivity index (χ1n) is 13.4. The van der Waals surface area contributed by atoms with Gasteiger partial charge in [-0.15, -0.1) is 0 Å². The van der Waals surface area contributed by atoms with Crippen LogP contribution in [0.15, 0.2) is 43.1 Å². The third-order valence-corrected chi connectivity index (χ3v) is 7.35. The van der Waals surface area contributed by atoms with Gasteiger partial charge in [-0.25, -0.2) is 15.0 Å². The lowest BCUT2D eigenvalue weighted by Crippen LogP contribution is -2.27.